The first-order valence-corrected chi connectivity index (χ1v) is 6.40. The van der Waals surface area contributed by atoms with Gasteiger partial charge in [0.05, 0.1) is 6.61 Å². The molecule has 1 heterocycles. The summed E-state index contributed by atoms with van der Waals surface area (Å²) in [7, 11) is 0. The van der Waals surface area contributed by atoms with Crippen LogP contribution in [0.2, 0.25) is 0 Å². The Morgan fingerprint density at radius 3 is 2.42 bits per heavy atom. The molecule has 1 fully saturated rings. The minimum atomic E-state index is -1.14. The van der Waals surface area contributed by atoms with Crippen LogP contribution >= 0.6 is 0 Å². The van der Waals surface area contributed by atoms with Gasteiger partial charge in [0.15, 0.2) is 0 Å². The SMILES string of the molecule is CCOC(=O)N1CCC(NC(=O)C(C)C(=O)O)CC1. The van der Waals surface area contributed by atoms with Gasteiger partial charge in [-0.3, -0.25) is 9.59 Å². The number of carboxylic acids is 1. The maximum Gasteiger partial charge on any atom is 0.409 e. The molecule has 7 nitrogen and oxygen atoms in total. The van der Waals surface area contributed by atoms with Crippen LogP contribution in [0.5, 0.6) is 0 Å². The van der Waals surface area contributed by atoms with Crippen LogP contribution in [0.3, 0.4) is 0 Å². The highest BCUT2D eigenvalue weighted by molar-refractivity contribution is 5.96. The first-order chi connectivity index (χ1) is 8.95. The Hall–Kier alpha value is -1.79. The predicted molar refractivity (Wildman–Crippen MR) is 66.6 cm³/mol. The molecule has 1 saturated heterocycles. The molecule has 7 heteroatoms. The average Bonchev–Trinajstić information content (AvgIpc) is 2.38. The number of nitrogens with one attached hydrogen (secondary N) is 1. The smallest absolute Gasteiger partial charge is 0.409 e. The number of nitrogens with zero attached hydrogens (tertiary/aromatic N) is 1. The summed E-state index contributed by atoms with van der Waals surface area (Å²) in [5.74, 6) is -2.67. The van der Waals surface area contributed by atoms with E-state index in [4.69, 9.17) is 9.84 Å². The van der Waals surface area contributed by atoms with E-state index < -0.39 is 17.8 Å². The quantitative estimate of drug-likeness (QED) is 0.724. The Morgan fingerprint density at radius 2 is 1.95 bits per heavy atom. The number of piperidine rings is 1. The van der Waals surface area contributed by atoms with Gasteiger partial charge < -0.3 is 20.1 Å². The molecule has 0 bridgehead atoms. The lowest BCUT2D eigenvalue weighted by Crippen LogP contribution is -2.48. The molecule has 0 aromatic carbocycles. The van der Waals surface area contributed by atoms with E-state index in [1.54, 1.807) is 11.8 Å². The molecule has 0 aliphatic carbocycles. The second kappa shape index (κ2) is 6.96. The largest absolute Gasteiger partial charge is 0.481 e. The first-order valence-electron chi connectivity index (χ1n) is 6.40. The molecule has 2 amide bonds. The molecule has 0 aromatic heterocycles. The lowest BCUT2D eigenvalue weighted by atomic mass is 10.0. The van der Waals surface area contributed by atoms with Gasteiger partial charge in [0, 0.05) is 19.1 Å². The zero-order valence-electron chi connectivity index (χ0n) is 11.2. The van der Waals surface area contributed by atoms with Gasteiger partial charge in [0.2, 0.25) is 5.91 Å². The van der Waals surface area contributed by atoms with E-state index in [0.717, 1.165) is 0 Å². The molecule has 1 aliphatic heterocycles. The lowest BCUT2D eigenvalue weighted by molar-refractivity contribution is -0.146. The summed E-state index contributed by atoms with van der Waals surface area (Å²) in [4.78, 5) is 35.3. The van der Waals surface area contributed by atoms with Crippen LogP contribution in [-0.2, 0) is 14.3 Å². The third-order valence-corrected chi connectivity index (χ3v) is 3.13. The van der Waals surface area contributed by atoms with Gasteiger partial charge >= 0.3 is 12.1 Å². The van der Waals surface area contributed by atoms with Gasteiger partial charge in [-0.1, -0.05) is 0 Å². The van der Waals surface area contributed by atoms with E-state index in [2.05, 4.69) is 5.32 Å². The van der Waals surface area contributed by atoms with Crippen molar-refractivity contribution in [2.24, 2.45) is 5.92 Å². The number of ether oxygens (including phenoxy) is 1. The monoisotopic (exact) mass is 272 g/mol. The number of carbonyl (C=O) groups is 3. The van der Waals surface area contributed by atoms with Crippen molar-refractivity contribution in [2.45, 2.75) is 32.7 Å². The lowest BCUT2D eigenvalue weighted by Gasteiger charge is -2.31. The molecule has 0 saturated carbocycles. The van der Waals surface area contributed by atoms with E-state index in [1.807, 2.05) is 0 Å². The molecule has 1 atom stereocenters. The van der Waals surface area contributed by atoms with Crippen molar-refractivity contribution < 1.29 is 24.2 Å². The summed E-state index contributed by atoms with van der Waals surface area (Å²) < 4.78 is 4.89. The summed E-state index contributed by atoms with van der Waals surface area (Å²) in [5.41, 5.74) is 0. The van der Waals surface area contributed by atoms with E-state index in [-0.39, 0.29) is 12.1 Å². The van der Waals surface area contributed by atoms with E-state index >= 15 is 0 Å². The molecule has 0 radical (unpaired) electrons. The molecule has 1 aliphatic rings. The van der Waals surface area contributed by atoms with Crippen LogP contribution in [0.25, 0.3) is 0 Å². The Labute approximate surface area is 111 Å². The Kier molecular flexibility index (Phi) is 5.59. The van der Waals surface area contributed by atoms with Crippen LogP contribution in [0.1, 0.15) is 26.7 Å². The fourth-order valence-electron chi connectivity index (χ4n) is 1.86. The molecule has 1 unspecified atom stereocenters. The Morgan fingerprint density at radius 1 is 1.37 bits per heavy atom. The number of amides is 2. The number of carboxylic acid groups (broad SMARTS) is 1. The highest BCUT2D eigenvalue weighted by atomic mass is 16.6. The highest BCUT2D eigenvalue weighted by Gasteiger charge is 2.27. The van der Waals surface area contributed by atoms with E-state index in [0.29, 0.717) is 32.5 Å². The fraction of sp³-hybridized carbons (Fsp3) is 0.750. The molecule has 2 N–H and O–H groups in total. The number of hydrogen-bond donors (Lipinski definition) is 2. The zero-order chi connectivity index (χ0) is 14.4. The number of hydrogen-bond acceptors (Lipinski definition) is 4. The zero-order valence-corrected chi connectivity index (χ0v) is 11.2. The Bertz CT molecular complexity index is 350. The third kappa shape index (κ3) is 4.42. The second-order valence-electron chi connectivity index (χ2n) is 4.53. The third-order valence-electron chi connectivity index (χ3n) is 3.13. The van der Waals surface area contributed by atoms with Gasteiger partial charge in [-0.05, 0) is 26.7 Å². The van der Waals surface area contributed by atoms with Gasteiger partial charge in [-0.25, -0.2) is 4.79 Å². The number of likely N-dealkylation sites (tertiary alicyclic amines) is 1. The minimum Gasteiger partial charge on any atom is -0.481 e. The standard InChI is InChI=1S/C12H20N2O5/c1-3-19-12(18)14-6-4-9(5-7-14)13-10(15)8(2)11(16)17/h8-9H,3-7H2,1-2H3,(H,13,15)(H,16,17). The number of rotatable bonds is 4. The van der Waals surface area contributed by atoms with Gasteiger partial charge in [0.1, 0.15) is 5.92 Å². The number of carbonyl (C=O) groups excluding carboxylic acids is 2. The van der Waals surface area contributed by atoms with Crippen LogP contribution in [0.4, 0.5) is 4.79 Å². The predicted octanol–water partition coefficient (Wildman–Crippen LogP) is 0.444. The molecule has 108 valence electrons. The van der Waals surface area contributed by atoms with Crippen molar-refractivity contribution in [3.8, 4) is 0 Å². The van der Waals surface area contributed by atoms with Crippen molar-refractivity contribution in [3.05, 3.63) is 0 Å². The normalized spacial score (nSPS) is 17.7. The summed E-state index contributed by atoms with van der Waals surface area (Å²) in [6.45, 7) is 4.45. The van der Waals surface area contributed by atoms with Crippen LogP contribution in [0.15, 0.2) is 0 Å². The minimum absolute atomic E-state index is 0.0834. The second-order valence-corrected chi connectivity index (χ2v) is 4.53. The van der Waals surface area contributed by atoms with Crippen molar-refractivity contribution in [1.82, 2.24) is 10.2 Å². The van der Waals surface area contributed by atoms with Crippen molar-refractivity contribution >= 4 is 18.0 Å². The highest BCUT2D eigenvalue weighted by Crippen LogP contribution is 2.12. The summed E-state index contributed by atoms with van der Waals surface area (Å²) >= 11 is 0. The van der Waals surface area contributed by atoms with Crippen LogP contribution in [-0.4, -0.2) is 53.7 Å². The van der Waals surface area contributed by atoms with Crippen molar-refractivity contribution in [1.29, 1.82) is 0 Å². The van der Waals surface area contributed by atoms with Crippen LogP contribution in [0, 0.1) is 5.92 Å². The molecular weight excluding hydrogens is 252 g/mol. The fourth-order valence-corrected chi connectivity index (χ4v) is 1.86. The molecule has 19 heavy (non-hydrogen) atoms. The maximum absolute atomic E-state index is 11.6. The van der Waals surface area contributed by atoms with Crippen molar-refractivity contribution in [2.75, 3.05) is 19.7 Å². The summed E-state index contributed by atoms with van der Waals surface area (Å²) in [6.07, 6.45) is 0.875. The number of aliphatic carboxylic acids is 1. The summed E-state index contributed by atoms with van der Waals surface area (Å²) in [6, 6.07) is -0.0834. The van der Waals surface area contributed by atoms with E-state index in [1.165, 1.54) is 6.92 Å². The molecular formula is C12H20N2O5. The first kappa shape index (κ1) is 15.3. The molecule has 1 rings (SSSR count). The van der Waals surface area contributed by atoms with Crippen LogP contribution < -0.4 is 5.32 Å². The van der Waals surface area contributed by atoms with Gasteiger partial charge in [0.25, 0.3) is 0 Å². The maximum atomic E-state index is 11.6. The molecule has 0 spiro atoms. The van der Waals surface area contributed by atoms with E-state index in [9.17, 15) is 14.4 Å². The Balaban J connectivity index is 2.36. The molecule has 0 aromatic rings. The average molecular weight is 272 g/mol. The van der Waals surface area contributed by atoms with Crippen molar-refractivity contribution in [3.63, 3.8) is 0 Å². The topological polar surface area (TPSA) is 95.9 Å². The van der Waals surface area contributed by atoms with Gasteiger partial charge in [-0.15, -0.1) is 0 Å². The summed E-state index contributed by atoms with van der Waals surface area (Å²) in [5, 5.41) is 11.4. The van der Waals surface area contributed by atoms with Gasteiger partial charge in [-0.2, -0.15) is 0 Å².